The summed E-state index contributed by atoms with van der Waals surface area (Å²) >= 11 is 0. The maximum absolute atomic E-state index is 13.8. The molecular formula is C34H45F3N6O3. The Morgan fingerprint density at radius 3 is 2.59 bits per heavy atom. The van der Waals surface area contributed by atoms with Crippen LogP contribution in [0, 0.1) is 18.7 Å². The number of halogens is 3. The monoisotopic (exact) mass is 642 g/mol. The van der Waals surface area contributed by atoms with Gasteiger partial charge in [-0.1, -0.05) is 30.3 Å². The van der Waals surface area contributed by atoms with Crippen molar-refractivity contribution in [1.29, 1.82) is 0 Å². The lowest BCUT2D eigenvalue weighted by atomic mass is 9.98. The number of carbonyl (C=O) groups excluding carboxylic acids is 1. The van der Waals surface area contributed by atoms with Crippen molar-refractivity contribution in [2.45, 2.75) is 70.7 Å². The number of likely N-dealkylation sites (tertiary alicyclic amines) is 2. The van der Waals surface area contributed by atoms with Crippen LogP contribution in [0.4, 0.5) is 23.8 Å². The highest BCUT2D eigenvalue weighted by Gasteiger charge is 2.39. The number of ether oxygens (including phenoxy) is 2. The third kappa shape index (κ3) is 8.80. The van der Waals surface area contributed by atoms with Gasteiger partial charge in [0.1, 0.15) is 11.6 Å². The third-order valence-corrected chi connectivity index (χ3v) is 9.26. The number of carbonyl (C=O) groups is 1. The van der Waals surface area contributed by atoms with Crippen molar-refractivity contribution < 1.29 is 27.4 Å². The number of urea groups is 1. The molecule has 9 nitrogen and oxygen atoms in total. The quantitative estimate of drug-likeness (QED) is 0.243. The molecule has 3 aromatic rings. The first-order valence-electron chi connectivity index (χ1n) is 16.1. The molecule has 0 unspecified atom stereocenters. The first-order chi connectivity index (χ1) is 22.2. The van der Waals surface area contributed by atoms with E-state index in [0.717, 1.165) is 42.7 Å². The Bertz CT molecular complexity index is 1420. The molecule has 2 amide bonds. The van der Waals surface area contributed by atoms with Gasteiger partial charge in [-0.25, -0.2) is 13.9 Å². The Hall–Kier alpha value is -3.61. The SMILES string of the molecule is Cc1c(OCC2CCN(C)CC2)nn(-c2ccccc2)c1NC(=O)N[C@@H]1C[C@@H](CCOC(F)F)N(CCc2cccc(F)c2)[C@H]1C. The molecule has 0 spiro atoms. The molecule has 3 atom stereocenters. The predicted octanol–water partition coefficient (Wildman–Crippen LogP) is 5.87. The number of alkyl halides is 2. The summed E-state index contributed by atoms with van der Waals surface area (Å²) in [6.07, 6.45) is 3.66. The molecule has 0 radical (unpaired) electrons. The van der Waals surface area contributed by atoms with Gasteiger partial charge >= 0.3 is 12.6 Å². The zero-order chi connectivity index (χ0) is 32.6. The average molecular weight is 643 g/mol. The van der Waals surface area contributed by atoms with Gasteiger partial charge in [0.05, 0.1) is 24.5 Å². The molecule has 5 rings (SSSR count). The van der Waals surface area contributed by atoms with Crippen LogP contribution in [0.25, 0.3) is 5.69 Å². The largest absolute Gasteiger partial charge is 0.476 e. The van der Waals surface area contributed by atoms with Crippen molar-refractivity contribution in [2.24, 2.45) is 5.92 Å². The van der Waals surface area contributed by atoms with Crippen molar-refractivity contribution in [3.8, 4) is 11.6 Å². The molecule has 2 aromatic carbocycles. The zero-order valence-corrected chi connectivity index (χ0v) is 26.8. The van der Waals surface area contributed by atoms with Gasteiger partial charge in [0.15, 0.2) is 0 Å². The number of anilines is 1. The number of amides is 2. The fraction of sp³-hybridized carbons (Fsp3) is 0.529. The maximum Gasteiger partial charge on any atom is 0.345 e. The highest BCUT2D eigenvalue weighted by atomic mass is 19.3. The van der Waals surface area contributed by atoms with E-state index >= 15 is 0 Å². The molecule has 0 aliphatic carbocycles. The Labute approximate surface area is 269 Å². The summed E-state index contributed by atoms with van der Waals surface area (Å²) < 4.78 is 51.7. The number of hydrogen-bond donors (Lipinski definition) is 2. The summed E-state index contributed by atoms with van der Waals surface area (Å²) in [5, 5.41) is 10.9. The number of nitrogens with one attached hydrogen (secondary N) is 2. The summed E-state index contributed by atoms with van der Waals surface area (Å²) in [5.41, 5.74) is 2.36. The minimum Gasteiger partial charge on any atom is -0.476 e. The van der Waals surface area contributed by atoms with E-state index in [-0.39, 0.29) is 30.5 Å². The molecule has 2 aliphatic rings. The lowest BCUT2D eigenvalue weighted by Crippen LogP contribution is -2.46. The van der Waals surface area contributed by atoms with Crippen molar-refractivity contribution in [1.82, 2.24) is 24.9 Å². The van der Waals surface area contributed by atoms with Crippen LogP contribution in [0.2, 0.25) is 0 Å². The van der Waals surface area contributed by atoms with Crippen LogP contribution in [0.1, 0.15) is 43.7 Å². The Morgan fingerprint density at radius 1 is 1.11 bits per heavy atom. The lowest BCUT2D eigenvalue weighted by molar-refractivity contribution is -0.131. The van der Waals surface area contributed by atoms with Gasteiger partial charge in [-0.3, -0.25) is 10.2 Å². The van der Waals surface area contributed by atoms with Crippen LogP contribution in [0.15, 0.2) is 54.6 Å². The second-order valence-corrected chi connectivity index (χ2v) is 12.5. The second-order valence-electron chi connectivity index (χ2n) is 12.5. The minimum atomic E-state index is -2.84. The van der Waals surface area contributed by atoms with Gasteiger partial charge < -0.3 is 19.7 Å². The van der Waals surface area contributed by atoms with E-state index in [1.54, 1.807) is 10.7 Å². The van der Waals surface area contributed by atoms with Crippen LogP contribution < -0.4 is 15.4 Å². The van der Waals surface area contributed by atoms with Gasteiger partial charge in [-0.2, -0.15) is 8.78 Å². The molecule has 2 N–H and O–H groups in total. The Kier molecular flexibility index (Phi) is 11.6. The molecule has 2 aliphatic heterocycles. The Balaban J connectivity index is 1.27. The summed E-state index contributed by atoms with van der Waals surface area (Å²) in [6.45, 7) is 4.20. The number of nitrogens with zero attached hydrogens (tertiary/aromatic N) is 4. The number of rotatable bonds is 13. The summed E-state index contributed by atoms with van der Waals surface area (Å²) in [7, 11) is 2.13. The summed E-state index contributed by atoms with van der Waals surface area (Å²) in [6, 6.07) is 15.2. The molecule has 12 heteroatoms. The van der Waals surface area contributed by atoms with Crippen LogP contribution in [-0.4, -0.2) is 90.2 Å². The van der Waals surface area contributed by atoms with Crippen molar-refractivity contribution in [3.05, 3.63) is 71.5 Å². The van der Waals surface area contributed by atoms with Crippen LogP contribution in [0.3, 0.4) is 0 Å². The zero-order valence-electron chi connectivity index (χ0n) is 26.8. The van der Waals surface area contributed by atoms with Crippen LogP contribution in [0.5, 0.6) is 5.88 Å². The van der Waals surface area contributed by atoms with Gasteiger partial charge in [0, 0.05) is 24.7 Å². The first kappa shape index (κ1) is 33.7. The van der Waals surface area contributed by atoms with Crippen LogP contribution in [-0.2, 0) is 11.2 Å². The minimum absolute atomic E-state index is 0.0931. The van der Waals surface area contributed by atoms with Gasteiger partial charge in [0.2, 0.25) is 5.88 Å². The molecule has 0 bridgehead atoms. The number of para-hydroxylation sites is 1. The van der Waals surface area contributed by atoms with E-state index in [1.165, 1.54) is 12.1 Å². The number of aromatic nitrogens is 2. The Morgan fingerprint density at radius 2 is 1.87 bits per heavy atom. The predicted molar refractivity (Wildman–Crippen MR) is 171 cm³/mol. The molecular weight excluding hydrogens is 597 g/mol. The molecule has 1 aromatic heterocycles. The van der Waals surface area contributed by atoms with Gasteiger partial charge in [0.25, 0.3) is 0 Å². The lowest BCUT2D eigenvalue weighted by Gasteiger charge is -2.29. The molecule has 46 heavy (non-hydrogen) atoms. The standard InChI is InChI=1S/C34H45F3N6O3/c1-23-31(43(28-10-5-4-6-11-28)40-32(23)46-22-26-12-16-41(3)17-13-26)39-34(44)38-30-21-29(15-19-45-33(36)37)42(24(30)2)18-14-25-8-7-9-27(35)20-25/h4-11,20,24,26,29-30,33H,12-19,21-22H2,1-3H3,(H2,38,39,44)/t24-,29+,30+/m0/s1. The van der Waals surface area contributed by atoms with E-state index in [0.29, 0.717) is 50.0 Å². The van der Waals surface area contributed by atoms with Gasteiger partial charge in [-0.15, -0.1) is 5.10 Å². The summed E-state index contributed by atoms with van der Waals surface area (Å²) in [5.74, 6) is 1.14. The molecule has 2 saturated heterocycles. The smallest absolute Gasteiger partial charge is 0.345 e. The molecule has 3 heterocycles. The van der Waals surface area contributed by atoms with Gasteiger partial charge in [-0.05, 0) is 102 Å². The van der Waals surface area contributed by atoms with Crippen LogP contribution >= 0.6 is 0 Å². The fourth-order valence-corrected chi connectivity index (χ4v) is 6.54. The van der Waals surface area contributed by atoms with E-state index in [4.69, 9.17) is 9.84 Å². The highest BCUT2D eigenvalue weighted by molar-refractivity contribution is 5.90. The van der Waals surface area contributed by atoms with E-state index in [1.807, 2.05) is 50.2 Å². The molecule has 0 saturated carbocycles. The number of benzene rings is 2. The highest BCUT2D eigenvalue weighted by Crippen LogP contribution is 2.31. The van der Waals surface area contributed by atoms with Crippen molar-refractivity contribution in [3.63, 3.8) is 0 Å². The number of hydrogen-bond acceptors (Lipinski definition) is 6. The van der Waals surface area contributed by atoms with Crippen molar-refractivity contribution >= 4 is 11.8 Å². The first-order valence-corrected chi connectivity index (χ1v) is 16.1. The third-order valence-electron chi connectivity index (χ3n) is 9.26. The molecule has 2 fully saturated rings. The normalized spacial score (nSPS) is 21.2. The molecule has 250 valence electrons. The summed E-state index contributed by atoms with van der Waals surface area (Å²) in [4.78, 5) is 18.0. The van der Waals surface area contributed by atoms with Crippen molar-refractivity contribution in [2.75, 3.05) is 45.2 Å². The number of piperidine rings is 1. The van der Waals surface area contributed by atoms with E-state index in [2.05, 4.69) is 32.2 Å². The average Bonchev–Trinajstić information content (AvgIpc) is 3.50. The van der Waals surface area contributed by atoms with E-state index < -0.39 is 12.6 Å². The fourth-order valence-electron chi connectivity index (χ4n) is 6.54. The topological polar surface area (TPSA) is 83.9 Å². The second kappa shape index (κ2) is 15.8. The maximum atomic E-state index is 13.8. The van der Waals surface area contributed by atoms with E-state index in [9.17, 15) is 18.0 Å².